The summed E-state index contributed by atoms with van der Waals surface area (Å²) >= 11 is 0. The van der Waals surface area contributed by atoms with Crippen LogP contribution in [0.5, 0.6) is 5.75 Å². The Balaban J connectivity index is 2.44. The molecule has 11 heavy (non-hydrogen) atoms. The van der Waals surface area contributed by atoms with Crippen molar-refractivity contribution in [1.29, 1.82) is 0 Å². The molecule has 0 aliphatic carbocycles. The van der Waals surface area contributed by atoms with E-state index in [-0.39, 0.29) is 0 Å². The van der Waals surface area contributed by atoms with Crippen LogP contribution in [0.3, 0.4) is 0 Å². The average molecular weight is 147 g/mol. The molecule has 0 amide bonds. The largest absolute Gasteiger partial charge is 0.493 e. The molecule has 1 nitrogen and oxygen atoms in total. The van der Waals surface area contributed by atoms with Crippen molar-refractivity contribution in [2.75, 3.05) is 6.61 Å². The van der Waals surface area contributed by atoms with Gasteiger partial charge in [0.15, 0.2) is 0 Å². The topological polar surface area (TPSA) is 9.23 Å². The van der Waals surface area contributed by atoms with Gasteiger partial charge in [0.05, 0.1) is 6.61 Å². The van der Waals surface area contributed by atoms with Crippen LogP contribution in [0.25, 0.3) is 0 Å². The minimum Gasteiger partial charge on any atom is -0.493 e. The van der Waals surface area contributed by atoms with E-state index in [1.165, 1.54) is 5.56 Å². The highest BCUT2D eigenvalue weighted by Crippen LogP contribution is 2.31. The van der Waals surface area contributed by atoms with Gasteiger partial charge >= 0.3 is 0 Å². The van der Waals surface area contributed by atoms with Crippen LogP contribution in [0.15, 0.2) is 24.3 Å². The Morgan fingerprint density at radius 1 is 1.36 bits per heavy atom. The maximum absolute atomic E-state index is 5.45. The first-order chi connectivity index (χ1) is 5.38. The lowest BCUT2D eigenvalue weighted by Crippen LogP contribution is -2.11. The van der Waals surface area contributed by atoms with E-state index in [1.54, 1.807) is 0 Å². The van der Waals surface area contributed by atoms with Crippen LogP contribution in [0, 0.1) is 6.92 Å². The third-order valence-corrected chi connectivity index (χ3v) is 2.08. The quantitative estimate of drug-likeness (QED) is 0.547. The molecule has 2 rings (SSSR count). The van der Waals surface area contributed by atoms with Crippen molar-refractivity contribution in [2.45, 2.75) is 12.3 Å². The summed E-state index contributed by atoms with van der Waals surface area (Å²) in [6, 6.07) is 8.13. The lowest BCUT2D eigenvalue weighted by molar-refractivity contribution is 0.278. The fourth-order valence-electron chi connectivity index (χ4n) is 1.42. The fraction of sp³-hybridized carbons (Fsp3) is 0.300. The lowest BCUT2D eigenvalue weighted by Gasteiger charge is -2.22. The molecule has 0 aromatic heterocycles. The number of hydrogen-bond donors (Lipinski definition) is 0. The molecule has 1 aromatic rings. The summed E-state index contributed by atoms with van der Waals surface area (Å²) in [7, 11) is 0. The summed E-state index contributed by atoms with van der Waals surface area (Å²) in [5, 5.41) is 0. The predicted octanol–water partition coefficient (Wildman–Crippen LogP) is 2.39. The van der Waals surface area contributed by atoms with E-state index in [4.69, 9.17) is 4.74 Å². The molecule has 1 aliphatic heterocycles. The third-order valence-electron chi connectivity index (χ3n) is 2.08. The zero-order valence-corrected chi connectivity index (χ0v) is 6.42. The monoisotopic (exact) mass is 147 g/mol. The standard InChI is InChI=1S/C10H11O/c1-8-6-7-11-10-5-3-2-4-9(8)10/h2-5,8H,1,6-7H2. The zero-order valence-electron chi connectivity index (χ0n) is 6.42. The minimum atomic E-state index is 0.417. The van der Waals surface area contributed by atoms with E-state index in [9.17, 15) is 0 Å². The summed E-state index contributed by atoms with van der Waals surface area (Å²) in [6.45, 7) is 4.87. The molecule has 1 unspecified atom stereocenters. The Bertz CT molecular complexity index is 255. The Labute approximate surface area is 67.0 Å². The summed E-state index contributed by atoms with van der Waals surface area (Å²) < 4.78 is 5.45. The lowest BCUT2D eigenvalue weighted by atomic mass is 9.95. The Morgan fingerprint density at radius 2 is 2.18 bits per heavy atom. The Morgan fingerprint density at radius 3 is 3.00 bits per heavy atom. The molecular weight excluding hydrogens is 136 g/mol. The van der Waals surface area contributed by atoms with Crippen molar-refractivity contribution < 1.29 is 4.74 Å². The van der Waals surface area contributed by atoms with E-state index in [0.717, 1.165) is 18.8 Å². The van der Waals surface area contributed by atoms with Crippen molar-refractivity contribution >= 4 is 0 Å². The van der Waals surface area contributed by atoms with Gasteiger partial charge in [0.25, 0.3) is 0 Å². The van der Waals surface area contributed by atoms with Crippen LogP contribution < -0.4 is 4.74 Å². The minimum absolute atomic E-state index is 0.417. The van der Waals surface area contributed by atoms with Crippen molar-refractivity contribution in [1.82, 2.24) is 0 Å². The molecule has 57 valence electrons. The SMILES string of the molecule is [CH2]C1CCOc2ccccc21. The van der Waals surface area contributed by atoms with Crippen LogP contribution in [-0.4, -0.2) is 6.61 Å². The predicted molar refractivity (Wildman–Crippen MR) is 44.7 cm³/mol. The van der Waals surface area contributed by atoms with E-state index in [1.807, 2.05) is 18.2 Å². The number of hydrogen-bond acceptors (Lipinski definition) is 1. The van der Waals surface area contributed by atoms with Gasteiger partial charge in [0.2, 0.25) is 0 Å². The van der Waals surface area contributed by atoms with E-state index < -0.39 is 0 Å². The highest BCUT2D eigenvalue weighted by molar-refractivity contribution is 5.38. The van der Waals surface area contributed by atoms with Crippen LogP contribution in [0.4, 0.5) is 0 Å². The Kier molecular flexibility index (Phi) is 1.57. The molecule has 0 bridgehead atoms. The number of fused-ring (bicyclic) bond motifs is 1. The molecule has 1 radical (unpaired) electrons. The first kappa shape index (κ1) is 6.71. The maximum Gasteiger partial charge on any atom is 0.122 e. The number of ether oxygens (including phenoxy) is 1. The van der Waals surface area contributed by atoms with Crippen LogP contribution in [-0.2, 0) is 0 Å². The van der Waals surface area contributed by atoms with Crippen molar-refractivity contribution in [3.63, 3.8) is 0 Å². The highest BCUT2D eigenvalue weighted by Gasteiger charge is 2.15. The van der Waals surface area contributed by atoms with Crippen LogP contribution >= 0.6 is 0 Å². The van der Waals surface area contributed by atoms with Crippen molar-refractivity contribution in [2.24, 2.45) is 0 Å². The fourth-order valence-corrected chi connectivity index (χ4v) is 1.42. The maximum atomic E-state index is 5.45. The summed E-state index contributed by atoms with van der Waals surface area (Å²) in [6.07, 6.45) is 1.04. The van der Waals surface area contributed by atoms with Crippen LogP contribution in [0.2, 0.25) is 0 Å². The first-order valence-corrected chi connectivity index (χ1v) is 3.93. The molecule has 0 N–H and O–H groups in total. The first-order valence-electron chi connectivity index (χ1n) is 3.93. The van der Waals surface area contributed by atoms with Gasteiger partial charge in [-0.25, -0.2) is 0 Å². The second-order valence-corrected chi connectivity index (χ2v) is 2.87. The summed E-state index contributed by atoms with van der Waals surface area (Å²) in [4.78, 5) is 0. The smallest absolute Gasteiger partial charge is 0.122 e. The molecule has 1 heterocycles. The second kappa shape index (κ2) is 2.57. The van der Waals surface area contributed by atoms with Gasteiger partial charge in [-0.1, -0.05) is 18.2 Å². The molecule has 1 heteroatoms. The number of benzene rings is 1. The Hall–Kier alpha value is -0.980. The van der Waals surface area contributed by atoms with Gasteiger partial charge in [0, 0.05) is 0 Å². The van der Waals surface area contributed by atoms with Crippen molar-refractivity contribution in [3.8, 4) is 5.75 Å². The van der Waals surface area contributed by atoms with Gasteiger partial charge < -0.3 is 4.74 Å². The third kappa shape index (κ3) is 1.11. The number of para-hydroxylation sites is 1. The molecule has 1 aliphatic rings. The summed E-state index contributed by atoms with van der Waals surface area (Å²) in [5.74, 6) is 1.43. The van der Waals surface area contributed by atoms with E-state index in [0.29, 0.717) is 5.92 Å². The van der Waals surface area contributed by atoms with Gasteiger partial charge in [-0.05, 0) is 30.9 Å². The normalized spacial score (nSPS) is 22.1. The summed E-state index contributed by atoms with van der Waals surface area (Å²) in [5.41, 5.74) is 1.25. The molecule has 0 fully saturated rings. The number of rotatable bonds is 0. The second-order valence-electron chi connectivity index (χ2n) is 2.87. The average Bonchev–Trinajstić information content (AvgIpc) is 2.06. The van der Waals surface area contributed by atoms with Crippen LogP contribution in [0.1, 0.15) is 17.9 Å². The van der Waals surface area contributed by atoms with E-state index in [2.05, 4.69) is 13.0 Å². The molecule has 0 spiro atoms. The molecule has 0 saturated heterocycles. The van der Waals surface area contributed by atoms with Gasteiger partial charge in [-0.2, -0.15) is 0 Å². The molecule has 0 saturated carbocycles. The molecular formula is C10H11O. The highest BCUT2D eigenvalue weighted by atomic mass is 16.5. The molecule has 1 aromatic carbocycles. The molecule has 1 atom stereocenters. The van der Waals surface area contributed by atoms with E-state index >= 15 is 0 Å². The van der Waals surface area contributed by atoms with Gasteiger partial charge in [-0.3, -0.25) is 0 Å². The van der Waals surface area contributed by atoms with Gasteiger partial charge in [0.1, 0.15) is 5.75 Å². The van der Waals surface area contributed by atoms with Crippen molar-refractivity contribution in [3.05, 3.63) is 36.8 Å². The van der Waals surface area contributed by atoms with Gasteiger partial charge in [-0.15, -0.1) is 0 Å². The zero-order chi connectivity index (χ0) is 7.68.